The van der Waals surface area contributed by atoms with Crippen LogP contribution in [-0.4, -0.2) is 16.1 Å². The Morgan fingerprint density at radius 3 is 2.44 bits per heavy atom. The van der Waals surface area contributed by atoms with Crippen molar-refractivity contribution in [2.24, 2.45) is 0 Å². The van der Waals surface area contributed by atoms with Gasteiger partial charge in [-0.15, -0.1) is 0 Å². The Hall–Kier alpha value is -3.40. The summed E-state index contributed by atoms with van der Waals surface area (Å²) in [5.74, 6) is 0.696. The molecule has 4 nitrogen and oxygen atoms in total. The zero-order valence-electron chi connectivity index (χ0n) is 14.8. The van der Waals surface area contributed by atoms with Gasteiger partial charge in [0.1, 0.15) is 0 Å². The molecule has 1 aliphatic rings. The van der Waals surface area contributed by atoms with Gasteiger partial charge in [-0.25, -0.2) is 0 Å². The van der Waals surface area contributed by atoms with Crippen LogP contribution in [0.4, 0.5) is 5.82 Å². The van der Waals surface area contributed by atoms with Crippen molar-refractivity contribution in [2.75, 3.05) is 5.32 Å². The van der Waals surface area contributed by atoms with Gasteiger partial charge in [0.05, 0.1) is 0 Å². The first-order valence-corrected chi connectivity index (χ1v) is 9.22. The summed E-state index contributed by atoms with van der Waals surface area (Å²) >= 11 is 0. The van der Waals surface area contributed by atoms with E-state index in [1.54, 1.807) is 0 Å². The Labute approximate surface area is 155 Å². The van der Waals surface area contributed by atoms with E-state index in [4.69, 9.17) is 0 Å². The Morgan fingerprint density at radius 1 is 0.926 bits per heavy atom. The van der Waals surface area contributed by atoms with Crippen molar-refractivity contribution in [2.45, 2.75) is 19.3 Å². The third kappa shape index (κ3) is 1.92. The second kappa shape index (κ2) is 5.07. The largest absolute Gasteiger partial charge is 0.309 e. The average molecular weight is 351 g/mol. The summed E-state index contributed by atoms with van der Waals surface area (Å²) in [7, 11) is 0. The summed E-state index contributed by atoms with van der Waals surface area (Å²) in [5, 5.41) is 17.8. The van der Waals surface area contributed by atoms with Crippen molar-refractivity contribution >= 4 is 44.0 Å². The number of aryl methyl sites for hydroxylation is 1. The van der Waals surface area contributed by atoms with Crippen LogP contribution in [0.1, 0.15) is 29.2 Å². The summed E-state index contributed by atoms with van der Waals surface area (Å²) < 4.78 is 0. The highest BCUT2D eigenvalue weighted by Gasteiger charge is 2.31. The normalized spacial score (nSPS) is 16.9. The fraction of sp³-hybridized carbons (Fsp3) is 0.130. The van der Waals surface area contributed by atoms with E-state index in [0.717, 1.165) is 11.3 Å². The van der Waals surface area contributed by atoms with Crippen LogP contribution in [0.25, 0.3) is 32.3 Å². The number of hydrogen-bond donors (Lipinski definition) is 2. The Bertz CT molecular complexity index is 1350. The van der Waals surface area contributed by atoms with E-state index in [9.17, 15) is 4.79 Å². The van der Waals surface area contributed by atoms with E-state index in [1.807, 2.05) is 6.92 Å². The first-order chi connectivity index (χ1) is 13.2. The van der Waals surface area contributed by atoms with Crippen LogP contribution in [-0.2, 0) is 4.79 Å². The molecule has 1 atom stereocenters. The molecular weight excluding hydrogens is 334 g/mol. The molecule has 2 heterocycles. The number of aromatic amines is 1. The number of benzene rings is 4. The molecule has 0 spiro atoms. The van der Waals surface area contributed by atoms with Crippen LogP contribution >= 0.6 is 0 Å². The van der Waals surface area contributed by atoms with Crippen LogP contribution in [0.2, 0.25) is 0 Å². The molecule has 1 amide bonds. The number of H-pyrrole nitrogens is 1. The van der Waals surface area contributed by atoms with E-state index in [-0.39, 0.29) is 11.8 Å². The van der Waals surface area contributed by atoms with Gasteiger partial charge in [-0.1, -0.05) is 54.6 Å². The van der Waals surface area contributed by atoms with Crippen LogP contribution < -0.4 is 5.32 Å². The van der Waals surface area contributed by atoms with Crippen molar-refractivity contribution in [3.05, 3.63) is 71.4 Å². The minimum absolute atomic E-state index is 0.0112. The first-order valence-electron chi connectivity index (χ1n) is 9.22. The smallest absolute Gasteiger partial charge is 0.226 e. The van der Waals surface area contributed by atoms with Crippen molar-refractivity contribution in [3.63, 3.8) is 0 Å². The van der Waals surface area contributed by atoms with Crippen LogP contribution in [0.15, 0.2) is 54.6 Å². The molecule has 0 bridgehead atoms. The SMILES string of the molecule is Cc1[nH]nc2c1C(c1ccc3ccc4cccc5ccc1c3c45)CC(=O)N2. The van der Waals surface area contributed by atoms with E-state index in [2.05, 4.69) is 70.1 Å². The molecular formula is C23H17N3O. The molecule has 0 saturated carbocycles. The van der Waals surface area contributed by atoms with E-state index >= 15 is 0 Å². The molecule has 5 aromatic rings. The van der Waals surface area contributed by atoms with E-state index < -0.39 is 0 Å². The lowest BCUT2D eigenvalue weighted by Gasteiger charge is -2.25. The van der Waals surface area contributed by atoms with Gasteiger partial charge in [0.2, 0.25) is 5.91 Å². The Morgan fingerprint density at radius 2 is 1.63 bits per heavy atom. The summed E-state index contributed by atoms with van der Waals surface area (Å²) in [6.45, 7) is 2.02. The van der Waals surface area contributed by atoms with Gasteiger partial charge in [0.15, 0.2) is 5.82 Å². The van der Waals surface area contributed by atoms with Crippen molar-refractivity contribution in [1.82, 2.24) is 10.2 Å². The number of anilines is 1. The van der Waals surface area contributed by atoms with Gasteiger partial charge in [-0.05, 0) is 44.8 Å². The molecule has 1 aliphatic heterocycles. The predicted molar refractivity (Wildman–Crippen MR) is 109 cm³/mol. The lowest BCUT2D eigenvalue weighted by atomic mass is 9.81. The number of nitrogens with zero attached hydrogens (tertiary/aromatic N) is 1. The highest BCUT2D eigenvalue weighted by Crippen LogP contribution is 2.43. The van der Waals surface area contributed by atoms with Gasteiger partial charge in [0, 0.05) is 23.6 Å². The number of aromatic nitrogens is 2. The molecule has 4 aromatic carbocycles. The zero-order valence-corrected chi connectivity index (χ0v) is 14.8. The highest BCUT2D eigenvalue weighted by molar-refractivity contribution is 6.23. The second-order valence-electron chi connectivity index (χ2n) is 7.43. The first kappa shape index (κ1) is 14.7. The van der Waals surface area contributed by atoms with Crippen molar-refractivity contribution < 1.29 is 4.79 Å². The van der Waals surface area contributed by atoms with E-state index in [0.29, 0.717) is 12.2 Å². The van der Waals surface area contributed by atoms with Gasteiger partial charge in [-0.2, -0.15) is 5.10 Å². The zero-order chi connectivity index (χ0) is 18.1. The number of amides is 1. The van der Waals surface area contributed by atoms with E-state index in [1.165, 1.54) is 37.9 Å². The molecule has 1 unspecified atom stereocenters. The maximum Gasteiger partial charge on any atom is 0.226 e. The molecule has 0 fully saturated rings. The standard InChI is InChI=1S/C23H17N3O/c1-12-20-18(11-19(27)24-23(20)26-25-12)16-9-7-15-6-5-13-3-2-4-14-8-10-17(16)22(15)21(13)14/h2-10,18H,11H2,1H3,(H2,24,25,26,27). The van der Waals surface area contributed by atoms with Gasteiger partial charge in [0.25, 0.3) is 0 Å². The maximum absolute atomic E-state index is 12.3. The number of hydrogen-bond acceptors (Lipinski definition) is 2. The van der Waals surface area contributed by atoms with Crippen LogP contribution in [0.3, 0.4) is 0 Å². The Kier molecular flexibility index (Phi) is 2.77. The molecule has 130 valence electrons. The monoisotopic (exact) mass is 351 g/mol. The molecule has 27 heavy (non-hydrogen) atoms. The fourth-order valence-corrected chi connectivity index (χ4v) is 4.76. The minimum atomic E-state index is 0.0112. The lowest BCUT2D eigenvalue weighted by molar-refractivity contribution is -0.116. The average Bonchev–Trinajstić information content (AvgIpc) is 3.06. The third-order valence-electron chi connectivity index (χ3n) is 5.93. The maximum atomic E-state index is 12.3. The summed E-state index contributed by atoms with van der Waals surface area (Å²) in [4.78, 5) is 12.3. The number of carbonyl (C=O) groups excluding carboxylic acids is 1. The van der Waals surface area contributed by atoms with Crippen molar-refractivity contribution in [1.29, 1.82) is 0 Å². The summed E-state index contributed by atoms with van der Waals surface area (Å²) in [6.07, 6.45) is 0.442. The minimum Gasteiger partial charge on any atom is -0.309 e. The third-order valence-corrected chi connectivity index (χ3v) is 5.93. The number of carbonyl (C=O) groups is 1. The molecule has 1 aromatic heterocycles. The Balaban J connectivity index is 1.72. The topological polar surface area (TPSA) is 57.8 Å². The number of rotatable bonds is 1. The van der Waals surface area contributed by atoms with Gasteiger partial charge in [-0.3, -0.25) is 9.89 Å². The van der Waals surface area contributed by atoms with Crippen molar-refractivity contribution in [3.8, 4) is 0 Å². The number of fused-ring (bicyclic) bond motifs is 1. The van der Waals surface area contributed by atoms with Crippen LogP contribution in [0, 0.1) is 6.92 Å². The lowest BCUT2D eigenvalue weighted by Crippen LogP contribution is -2.23. The second-order valence-corrected chi connectivity index (χ2v) is 7.43. The molecule has 6 rings (SSSR count). The highest BCUT2D eigenvalue weighted by atomic mass is 16.1. The van der Waals surface area contributed by atoms with Gasteiger partial charge < -0.3 is 5.32 Å². The van der Waals surface area contributed by atoms with Gasteiger partial charge >= 0.3 is 0 Å². The molecule has 2 N–H and O–H groups in total. The molecule has 4 heteroatoms. The summed E-state index contributed by atoms with van der Waals surface area (Å²) in [5.41, 5.74) is 3.31. The quantitative estimate of drug-likeness (QED) is 0.413. The molecule has 0 saturated heterocycles. The molecule has 0 radical (unpaired) electrons. The van der Waals surface area contributed by atoms with Crippen LogP contribution in [0.5, 0.6) is 0 Å². The molecule has 0 aliphatic carbocycles. The predicted octanol–water partition coefficient (Wildman–Crippen LogP) is 5.09. The number of nitrogens with one attached hydrogen (secondary N) is 2. The summed E-state index contributed by atoms with van der Waals surface area (Å²) in [6, 6.07) is 19.6. The fourth-order valence-electron chi connectivity index (χ4n) is 4.76.